The van der Waals surface area contributed by atoms with Gasteiger partial charge >= 0.3 is 0 Å². The molecule has 0 radical (unpaired) electrons. The van der Waals surface area contributed by atoms with Gasteiger partial charge in [-0.05, 0) is 6.07 Å². The third-order valence-corrected chi connectivity index (χ3v) is 1.25. The lowest BCUT2D eigenvalue weighted by atomic mass is 10.3. The normalized spacial score (nSPS) is 8.00. The minimum absolute atomic E-state index is 0. The van der Waals surface area contributed by atoms with Crippen LogP contribution in [0.2, 0.25) is 0 Å². The van der Waals surface area contributed by atoms with Gasteiger partial charge in [-0.3, -0.25) is 4.79 Å². The molecule has 2 nitrogen and oxygen atoms in total. The van der Waals surface area contributed by atoms with Gasteiger partial charge in [0.05, 0.1) is 0 Å². The Morgan fingerprint density at radius 3 is 2.64 bits per heavy atom. The SMILES string of the molecule is C.C#Cc1ccc(=O)n(C)c1. The van der Waals surface area contributed by atoms with Crippen molar-refractivity contribution in [2.24, 2.45) is 7.05 Å². The van der Waals surface area contributed by atoms with Crippen molar-refractivity contribution in [1.29, 1.82) is 0 Å². The van der Waals surface area contributed by atoms with Crippen LogP contribution in [0.1, 0.15) is 13.0 Å². The molecule has 0 aliphatic carbocycles. The van der Waals surface area contributed by atoms with E-state index in [9.17, 15) is 4.79 Å². The summed E-state index contributed by atoms with van der Waals surface area (Å²) in [5.41, 5.74) is 0.682. The Labute approximate surface area is 66.5 Å². The highest BCUT2D eigenvalue weighted by Crippen LogP contribution is 1.89. The molecule has 0 saturated heterocycles. The van der Waals surface area contributed by atoms with Crippen LogP contribution in [0, 0.1) is 12.3 Å². The number of aromatic nitrogens is 1. The molecule has 2 heteroatoms. The van der Waals surface area contributed by atoms with Crippen LogP contribution in [0.5, 0.6) is 0 Å². The molecule has 1 rings (SSSR count). The van der Waals surface area contributed by atoms with Gasteiger partial charge < -0.3 is 4.57 Å². The van der Waals surface area contributed by atoms with Crippen molar-refractivity contribution in [2.45, 2.75) is 7.43 Å². The average Bonchev–Trinajstić information content (AvgIpc) is 1.95. The van der Waals surface area contributed by atoms with E-state index in [2.05, 4.69) is 5.92 Å². The highest BCUT2D eigenvalue weighted by atomic mass is 16.1. The molecule has 0 aliphatic rings. The fourth-order valence-electron chi connectivity index (χ4n) is 0.679. The maximum atomic E-state index is 10.8. The molecule has 0 amide bonds. The summed E-state index contributed by atoms with van der Waals surface area (Å²) in [6.45, 7) is 0. The van der Waals surface area contributed by atoms with E-state index in [1.807, 2.05) is 0 Å². The van der Waals surface area contributed by atoms with Crippen molar-refractivity contribution in [3.05, 3.63) is 34.2 Å². The first-order chi connectivity index (χ1) is 4.74. The highest BCUT2D eigenvalue weighted by molar-refractivity contribution is 5.28. The van der Waals surface area contributed by atoms with Crippen molar-refractivity contribution in [3.8, 4) is 12.3 Å². The number of hydrogen-bond donors (Lipinski definition) is 0. The Morgan fingerprint density at radius 2 is 2.18 bits per heavy atom. The third kappa shape index (κ3) is 1.98. The van der Waals surface area contributed by atoms with Crippen molar-refractivity contribution >= 4 is 0 Å². The van der Waals surface area contributed by atoms with E-state index in [4.69, 9.17) is 6.42 Å². The van der Waals surface area contributed by atoms with E-state index in [0.717, 1.165) is 5.56 Å². The molecule has 0 atom stereocenters. The maximum absolute atomic E-state index is 10.8. The van der Waals surface area contributed by atoms with E-state index in [1.54, 1.807) is 19.3 Å². The van der Waals surface area contributed by atoms with Crippen molar-refractivity contribution < 1.29 is 0 Å². The summed E-state index contributed by atoms with van der Waals surface area (Å²) in [6, 6.07) is 3.08. The average molecular weight is 149 g/mol. The van der Waals surface area contributed by atoms with E-state index in [0.29, 0.717) is 0 Å². The monoisotopic (exact) mass is 149 g/mol. The van der Waals surface area contributed by atoms with Gasteiger partial charge in [-0.25, -0.2) is 0 Å². The van der Waals surface area contributed by atoms with Gasteiger partial charge in [-0.15, -0.1) is 6.42 Å². The first-order valence-corrected chi connectivity index (χ1v) is 2.87. The summed E-state index contributed by atoms with van der Waals surface area (Å²) in [6.07, 6.45) is 6.73. The molecular weight excluding hydrogens is 138 g/mol. The van der Waals surface area contributed by atoms with Crippen LogP contribution < -0.4 is 5.56 Å². The minimum atomic E-state index is -0.0426. The lowest BCUT2D eigenvalue weighted by Crippen LogP contribution is -2.14. The molecule has 1 heterocycles. The summed E-state index contributed by atoms with van der Waals surface area (Å²) >= 11 is 0. The van der Waals surface area contributed by atoms with Crippen LogP contribution in [0.4, 0.5) is 0 Å². The summed E-state index contributed by atoms with van der Waals surface area (Å²) in [5, 5.41) is 0. The molecule has 1 aromatic rings. The number of rotatable bonds is 0. The number of terminal acetylenes is 1. The zero-order valence-electron chi connectivity index (χ0n) is 5.66. The zero-order valence-corrected chi connectivity index (χ0v) is 5.66. The number of nitrogens with zero attached hydrogens (tertiary/aromatic N) is 1. The van der Waals surface area contributed by atoms with Crippen LogP contribution >= 0.6 is 0 Å². The summed E-state index contributed by atoms with van der Waals surface area (Å²) in [5.74, 6) is 2.44. The molecule has 0 spiro atoms. The topological polar surface area (TPSA) is 22.0 Å². The van der Waals surface area contributed by atoms with Crippen LogP contribution in [0.25, 0.3) is 0 Å². The van der Waals surface area contributed by atoms with Crippen molar-refractivity contribution in [2.75, 3.05) is 0 Å². The summed E-state index contributed by atoms with van der Waals surface area (Å²) in [4.78, 5) is 10.8. The van der Waals surface area contributed by atoms with Crippen LogP contribution in [-0.2, 0) is 7.05 Å². The Balaban J connectivity index is 0.000001000. The fraction of sp³-hybridized carbons (Fsp3) is 0.222. The van der Waals surface area contributed by atoms with E-state index >= 15 is 0 Å². The predicted molar refractivity (Wildman–Crippen MR) is 46.3 cm³/mol. The van der Waals surface area contributed by atoms with Crippen LogP contribution in [0.3, 0.4) is 0 Å². The molecule has 0 saturated carbocycles. The van der Waals surface area contributed by atoms with E-state index < -0.39 is 0 Å². The molecule has 58 valence electrons. The highest BCUT2D eigenvalue weighted by Gasteiger charge is 1.88. The number of hydrogen-bond acceptors (Lipinski definition) is 1. The van der Waals surface area contributed by atoms with Crippen LogP contribution in [-0.4, -0.2) is 4.57 Å². The van der Waals surface area contributed by atoms with Gasteiger partial charge in [-0.2, -0.15) is 0 Å². The Kier molecular flexibility index (Phi) is 3.13. The Hall–Kier alpha value is -1.49. The summed E-state index contributed by atoms with van der Waals surface area (Å²) in [7, 11) is 1.67. The minimum Gasteiger partial charge on any atom is -0.317 e. The largest absolute Gasteiger partial charge is 0.317 e. The molecule has 0 fully saturated rings. The smallest absolute Gasteiger partial charge is 0.250 e. The van der Waals surface area contributed by atoms with Gasteiger partial charge in [0.25, 0.3) is 0 Å². The van der Waals surface area contributed by atoms with Crippen LogP contribution in [0.15, 0.2) is 23.1 Å². The van der Waals surface area contributed by atoms with Crippen molar-refractivity contribution in [1.82, 2.24) is 4.57 Å². The van der Waals surface area contributed by atoms with Gasteiger partial charge in [0, 0.05) is 24.9 Å². The van der Waals surface area contributed by atoms with E-state index in [1.165, 1.54) is 10.6 Å². The lowest BCUT2D eigenvalue weighted by molar-refractivity contribution is 0.857. The second-order valence-corrected chi connectivity index (χ2v) is 2.01. The first-order valence-electron chi connectivity index (χ1n) is 2.87. The second kappa shape index (κ2) is 3.62. The standard InChI is InChI=1S/C8H7NO.CH4/c1-3-7-4-5-8(10)9(2)6-7;/h1,4-6H,2H3;1H4. The molecule has 0 aliphatic heterocycles. The van der Waals surface area contributed by atoms with Gasteiger partial charge in [0.2, 0.25) is 5.56 Å². The molecule has 1 aromatic heterocycles. The molecule has 0 N–H and O–H groups in total. The number of aryl methyl sites for hydroxylation is 1. The van der Waals surface area contributed by atoms with Gasteiger partial charge in [0.15, 0.2) is 0 Å². The molecular formula is C9H11NO. The molecule has 0 bridgehead atoms. The van der Waals surface area contributed by atoms with Gasteiger partial charge in [0.1, 0.15) is 0 Å². The lowest BCUT2D eigenvalue weighted by Gasteiger charge is -1.94. The third-order valence-electron chi connectivity index (χ3n) is 1.25. The van der Waals surface area contributed by atoms with Crippen molar-refractivity contribution in [3.63, 3.8) is 0 Å². The fourth-order valence-corrected chi connectivity index (χ4v) is 0.679. The molecule has 0 unspecified atom stereocenters. The Morgan fingerprint density at radius 1 is 1.55 bits per heavy atom. The maximum Gasteiger partial charge on any atom is 0.250 e. The number of pyridine rings is 1. The van der Waals surface area contributed by atoms with Gasteiger partial charge in [-0.1, -0.05) is 13.3 Å². The second-order valence-electron chi connectivity index (χ2n) is 2.01. The quantitative estimate of drug-likeness (QED) is 0.504. The zero-order chi connectivity index (χ0) is 7.56. The molecule has 11 heavy (non-hydrogen) atoms. The first kappa shape index (κ1) is 9.51. The predicted octanol–water partition coefficient (Wildman–Crippen LogP) is 1.00. The summed E-state index contributed by atoms with van der Waals surface area (Å²) < 4.78 is 1.45. The molecule has 0 aromatic carbocycles. The Bertz CT molecular complexity index is 330. The van der Waals surface area contributed by atoms with E-state index in [-0.39, 0.29) is 13.0 Å².